The fourth-order valence-corrected chi connectivity index (χ4v) is 3.70. The molecule has 2 aromatic carbocycles. The zero-order valence-corrected chi connectivity index (χ0v) is 14.6. The first-order valence-electron chi connectivity index (χ1n) is 5.58. The minimum absolute atomic E-state index is 0.0223. The van der Waals surface area contributed by atoms with Gasteiger partial charge in [-0.05, 0) is 58.5 Å². The fraction of sp³-hybridized carbons (Fsp3) is 0.0769. The second-order valence-corrected chi connectivity index (χ2v) is 7.85. The zero-order chi connectivity index (χ0) is 14.8. The van der Waals surface area contributed by atoms with E-state index >= 15 is 0 Å². The molecule has 0 bridgehead atoms. The maximum Gasteiger partial charge on any atom is 0.242 e. The maximum atomic E-state index is 12.2. The Hall–Kier alpha value is -0.340. The molecule has 0 spiro atoms. The van der Waals surface area contributed by atoms with E-state index in [0.717, 1.165) is 9.13 Å². The van der Waals surface area contributed by atoms with E-state index in [9.17, 15) is 8.42 Å². The number of sulfonamides is 1. The predicted octanol–water partition coefficient (Wildman–Crippen LogP) is 4.08. The number of nitrogens with one attached hydrogen (secondary N) is 1. The first kappa shape index (κ1) is 16.0. The van der Waals surface area contributed by atoms with Gasteiger partial charge in [0.25, 0.3) is 0 Å². The molecule has 7 heteroatoms. The van der Waals surface area contributed by atoms with E-state index in [1.54, 1.807) is 0 Å². The van der Waals surface area contributed by atoms with Crippen LogP contribution < -0.4 is 4.72 Å². The summed E-state index contributed by atoms with van der Waals surface area (Å²) in [5.41, 5.74) is 0.874. The Morgan fingerprint density at radius 1 is 1.05 bits per heavy atom. The summed E-state index contributed by atoms with van der Waals surface area (Å²) in [5, 5.41) is 0.499. The van der Waals surface area contributed by atoms with Gasteiger partial charge in [-0.3, -0.25) is 0 Å². The lowest BCUT2D eigenvalue weighted by Crippen LogP contribution is -2.23. The van der Waals surface area contributed by atoms with Crippen molar-refractivity contribution < 1.29 is 8.42 Å². The lowest BCUT2D eigenvalue weighted by atomic mass is 10.2. The number of halogens is 3. The highest BCUT2D eigenvalue weighted by Gasteiger charge is 2.17. The molecule has 0 unspecified atom stereocenters. The zero-order valence-electron chi connectivity index (χ0n) is 10.1. The molecule has 0 fully saturated rings. The third-order valence-corrected chi connectivity index (χ3v) is 5.40. The molecule has 0 heterocycles. The van der Waals surface area contributed by atoms with E-state index in [-0.39, 0.29) is 16.5 Å². The molecule has 3 nitrogen and oxygen atoms in total. The molecule has 106 valence electrons. The topological polar surface area (TPSA) is 46.2 Å². The van der Waals surface area contributed by atoms with Gasteiger partial charge in [-0.2, -0.15) is 0 Å². The van der Waals surface area contributed by atoms with Gasteiger partial charge in [-0.25, -0.2) is 13.1 Å². The van der Waals surface area contributed by atoms with Crippen LogP contribution in [0, 0.1) is 3.57 Å². The van der Waals surface area contributed by atoms with Crippen molar-refractivity contribution in [3.05, 3.63) is 61.6 Å². The average Bonchev–Trinajstić information content (AvgIpc) is 2.37. The molecule has 0 aromatic heterocycles. The van der Waals surface area contributed by atoms with Crippen molar-refractivity contribution in [3.63, 3.8) is 0 Å². The summed E-state index contributed by atoms with van der Waals surface area (Å²) >= 11 is 13.9. The summed E-state index contributed by atoms with van der Waals surface area (Å²) < 4.78 is 27.9. The van der Waals surface area contributed by atoms with Crippen LogP contribution in [-0.4, -0.2) is 8.42 Å². The molecule has 0 amide bonds. The summed E-state index contributed by atoms with van der Waals surface area (Å²) in [5.74, 6) is 0. The van der Waals surface area contributed by atoms with Gasteiger partial charge in [-0.15, -0.1) is 0 Å². The summed E-state index contributed by atoms with van der Waals surface area (Å²) in [6, 6.07) is 11.9. The van der Waals surface area contributed by atoms with Gasteiger partial charge in [0.2, 0.25) is 10.0 Å². The largest absolute Gasteiger partial charge is 0.242 e. The quantitative estimate of drug-likeness (QED) is 0.726. The van der Waals surface area contributed by atoms with Crippen LogP contribution in [0.5, 0.6) is 0 Å². The van der Waals surface area contributed by atoms with E-state index < -0.39 is 10.0 Å². The Balaban J connectivity index is 2.17. The minimum Gasteiger partial charge on any atom is -0.207 e. The van der Waals surface area contributed by atoms with Crippen LogP contribution in [-0.2, 0) is 16.6 Å². The first-order chi connectivity index (χ1) is 9.38. The average molecular weight is 442 g/mol. The molecule has 2 rings (SSSR count). The predicted molar refractivity (Wildman–Crippen MR) is 89.6 cm³/mol. The molecule has 1 N–H and O–H groups in total. The standard InChI is InChI=1S/C13H10Cl2INO2S/c14-10-3-6-13(12(15)7-10)20(18,19)17-8-9-1-4-11(16)5-2-9/h1-7,17H,8H2. The summed E-state index contributed by atoms with van der Waals surface area (Å²) in [6.07, 6.45) is 0. The third-order valence-electron chi connectivity index (χ3n) is 2.56. The molecule has 0 radical (unpaired) electrons. The van der Waals surface area contributed by atoms with Crippen molar-refractivity contribution in [2.45, 2.75) is 11.4 Å². The Morgan fingerprint density at radius 2 is 1.70 bits per heavy atom. The van der Waals surface area contributed by atoms with Crippen LogP contribution in [0.2, 0.25) is 10.0 Å². The van der Waals surface area contributed by atoms with Crippen LogP contribution in [0.25, 0.3) is 0 Å². The number of hydrogen-bond donors (Lipinski definition) is 1. The van der Waals surface area contributed by atoms with Crippen LogP contribution in [0.4, 0.5) is 0 Å². The van der Waals surface area contributed by atoms with Crippen LogP contribution in [0.3, 0.4) is 0 Å². The van der Waals surface area contributed by atoms with Crippen molar-refractivity contribution >= 4 is 55.8 Å². The molecular formula is C13H10Cl2INO2S. The van der Waals surface area contributed by atoms with Gasteiger partial charge >= 0.3 is 0 Å². The van der Waals surface area contributed by atoms with Gasteiger partial charge in [0.15, 0.2) is 0 Å². The molecule has 0 aliphatic carbocycles. The summed E-state index contributed by atoms with van der Waals surface area (Å²) in [6.45, 7) is 0.207. The number of rotatable bonds is 4. The van der Waals surface area contributed by atoms with E-state index in [0.29, 0.717) is 5.02 Å². The molecular weight excluding hydrogens is 432 g/mol. The van der Waals surface area contributed by atoms with Gasteiger partial charge < -0.3 is 0 Å². The van der Waals surface area contributed by atoms with E-state index in [4.69, 9.17) is 23.2 Å². The highest BCUT2D eigenvalue weighted by atomic mass is 127. The Labute approximate surface area is 141 Å². The number of hydrogen-bond acceptors (Lipinski definition) is 2. The highest BCUT2D eigenvalue weighted by molar-refractivity contribution is 14.1. The molecule has 20 heavy (non-hydrogen) atoms. The molecule has 0 saturated carbocycles. The lowest BCUT2D eigenvalue weighted by Gasteiger charge is -2.08. The Bertz CT molecular complexity index is 718. The van der Waals surface area contributed by atoms with E-state index in [1.165, 1.54) is 18.2 Å². The van der Waals surface area contributed by atoms with Gasteiger partial charge in [0.1, 0.15) is 4.90 Å². The second-order valence-electron chi connectivity index (χ2n) is 4.03. The lowest BCUT2D eigenvalue weighted by molar-refractivity contribution is 0.581. The Morgan fingerprint density at radius 3 is 2.30 bits per heavy atom. The minimum atomic E-state index is -3.66. The van der Waals surface area contributed by atoms with Crippen molar-refractivity contribution in [1.82, 2.24) is 4.72 Å². The summed E-state index contributed by atoms with van der Waals surface area (Å²) in [7, 11) is -3.66. The normalized spacial score (nSPS) is 11.6. The van der Waals surface area contributed by atoms with E-state index in [1.807, 2.05) is 24.3 Å². The van der Waals surface area contributed by atoms with Gasteiger partial charge in [-0.1, -0.05) is 35.3 Å². The fourth-order valence-electron chi connectivity index (χ4n) is 1.55. The first-order valence-corrected chi connectivity index (χ1v) is 8.89. The van der Waals surface area contributed by atoms with Crippen molar-refractivity contribution in [1.29, 1.82) is 0 Å². The van der Waals surface area contributed by atoms with Crippen LogP contribution >= 0.6 is 45.8 Å². The van der Waals surface area contributed by atoms with Crippen molar-refractivity contribution in [2.75, 3.05) is 0 Å². The molecule has 0 aliphatic rings. The third kappa shape index (κ3) is 4.08. The van der Waals surface area contributed by atoms with Crippen molar-refractivity contribution in [2.24, 2.45) is 0 Å². The smallest absolute Gasteiger partial charge is 0.207 e. The molecule has 0 aliphatic heterocycles. The molecule has 0 atom stereocenters. The molecule has 0 saturated heterocycles. The van der Waals surface area contributed by atoms with E-state index in [2.05, 4.69) is 27.3 Å². The summed E-state index contributed by atoms with van der Waals surface area (Å²) in [4.78, 5) is 0.0223. The number of benzene rings is 2. The highest BCUT2D eigenvalue weighted by Crippen LogP contribution is 2.24. The second kappa shape index (κ2) is 6.62. The van der Waals surface area contributed by atoms with Crippen LogP contribution in [0.15, 0.2) is 47.4 Å². The maximum absolute atomic E-state index is 12.2. The van der Waals surface area contributed by atoms with Gasteiger partial charge in [0, 0.05) is 15.1 Å². The monoisotopic (exact) mass is 441 g/mol. The van der Waals surface area contributed by atoms with Gasteiger partial charge in [0.05, 0.1) is 5.02 Å². The SMILES string of the molecule is O=S(=O)(NCc1ccc(I)cc1)c1ccc(Cl)cc1Cl. The van der Waals surface area contributed by atoms with Crippen LogP contribution in [0.1, 0.15) is 5.56 Å². The Kier molecular flexibility index (Phi) is 5.30. The molecule has 2 aromatic rings. The van der Waals surface area contributed by atoms with Crippen molar-refractivity contribution in [3.8, 4) is 0 Å².